The van der Waals surface area contributed by atoms with Gasteiger partial charge in [-0.05, 0) is 54.2 Å². The Kier molecular flexibility index (Phi) is 5.53. The van der Waals surface area contributed by atoms with Crippen LogP contribution in [0.15, 0.2) is 40.8 Å². The summed E-state index contributed by atoms with van der Waals surface area (Å²) in [4.78, 5) is 13.3. The first-order valence-electron chi connectivity index (χ1n) is 8.01. The van der Waals surface area contributed by atoms with Crippen molar-refractivity contribution in [2.45, 2.75) is 6.54 Å². The Bertz CT molecular complexity index is 854. The number of hydrogen-bond acceptors (Lipinski definition) is 4. The smallest absolute Gasteiger partial charge is 0.248 e. The maximum atomic E-state index is 11.0. The minimum atomic E-state index is -0.454. The van der Waals surface area contributed by atoms with Crippen LogP contribution < -0.4 is 5.73 Å². The molecule has 1 aliphatic heterocycles. The van der Waals surface area contributed by atoms with Gasteiger partial charge in [0.1, 0.15) is 5.76 Å². The Morgan fingerprint density at radius 2 is 1.76 bits per heavy atom. The van der Waals surface area contributed by atoms with Gasteiger partial charge in [-0.15, -0.1) is 0 Å². The van der Waals surface area contributed by atoms with Crippen molar-refractivity contribution in [1.82, 2.24) is 4.90 Å². The van der Waals surface area contributed by atoms with Gasteiger partial charge in [-0.3, -0.25) is 9.69 Å². The average molecular weight is 334 g/mol. The number of nitrogens with zero attached hydrogens (tertiary/aromatic N) is 1. The van der Waals surface area contributed by atoms with Crippen molar-refractivity contribution in [3.63, 3.8) is 0 Å². The Morgan fingerprint density at radius 1 is 1.04 bits per heavy atom. The number of primary amides is 1. The summed E-state index contributed by atoms with van der Waals surface area (Å²) in [5.74, 6) is 12.4. The predicted octanol–water partition coefficient (Wildman–Crippen LogP) is 1.61. The molecular formula is C20H18N2O3. The van der Waals surface area contributed by atoms with Crippen LogP contribution in [0.4, 0.5) is 0 Å². The van der Waals surface area contributed by atoms with E-state index in [1.54, 1.807) is 24.3 Å². The van der Waals surface area contributed by atoms with E-state index in [4.69, 9.17) is 14.9 Å². The summed E-state index contributed by atoms with van der Waals surface area (Å²) in [6.07, 6.45) is 0. The standard InChI is InChI=1S/C20H18N2O3/c21-20(23)17-7-5-16(6-8-17)3-1-2-4-18-9-10-19(25-18)15-22-11-13-24-14-12-22/h5-10H,11-15H2,(H2,21,23). The van der Waals surface area contributed by atoms with Gasteiger partial charge in [0.25, 0.3) is 0 Å². The highest BCUT2D eigenvalue weighted by molar-refractivity contribution is 5.92. The summed E-state index contributed by atoms with van der Waals surface area (Å²) >= 11 is 0. The molecule has 0 spiro atoms. The lowest BCUT2D eigenvalue weighted by Gasteiger charge is -2.25. The molecule has 0 unspecified atom stereocenters. The number of morpholine rings is 1. The molecule has 1 saturated heterocycles. The fraction of sp³-hybridized carbons (Fsp3) is 0.250. The predicted molar refractivity (Wildman–Crippen MR) is 93.5 cm³/mol. The molecule has 2 heterocycles. The number of carbonyl (C=O) groups excluding carboxylic acids is 1. The van der Waals surface area contributed by atoms with E-state index in [9.17, 15) is 4.79 Å². The molecule has 1 aliphatic rings. The van der Waals surface area contributed by atoms with E-state index in [0.29, 0.717) is 11.3 Å². The van der Waals surface area contributed by atoms with Gasteiger partial charge in [0.15, 0.2) is 5.76 Å². The molecule has 0 bridgehead atoms. The number of nitrogens with two attached hydrogens (primary N) is 1. The van der Waals surface area contributed by atoms with Crippen LogP contribution in [-0.4, -0.2) is 37.1 Å². The molecule has 0 aliphatic carbocycles. The molecular weight excluding hydrogens is 316 g/mol. The van der Waals surface area contributed by atoms with Crippen LogP contribution >= 0.6 is 0 Å². The van der Waals surface area contributed by atoms with Crippen molar-refractivity contribution in [2.75, 3.05) is 26.3 Å². The first-order chi connectivity index (χ1) is 12.2. The number of carbonyl (C=O) groups is 1. The monoisotopic (exact) mass is 334 g/mol. The van der Waals surface area contributed by atoms with Crippen molar-refractivity contribution in [2.24, 2.45) is 5.73 Å². The highest BCUT2D eigenvalue weighted by Crippen LogP contribution is 2.11. The molecule has 1 fully saturated rings. The van der Waals surface area contributed by atoms with Gasteiger partial charge in [0.2, 0.25) is 5.91 Å². The largest absolute Gasteiger partial charge is 0.451 e. The van der Waals surface area contributed by atoms with E-state index in [2.05, 4.69) is 28.6 Å². The van der Waals surface area contributed by atoms with Crippen LogP contribution in [0.3, 0.4) is 0 Å². The molecule has 5 heteroatoms. The minimum absolute atomic E-state index is 0.454. The highest BCUT2D eigenvalue weighted by atomic mass is 16.5. The molecule has 1 aromatic carbocycles. The van der Waals surface area contributed by atoms with Gasteiger partial charge in [-0.25, -0.2) is 0 Å². The SMILES string of the molecule is NC(=O)c1ccc(C#CC#Cc2ccc(CN3CCOCC3)o2)cc1. The first kappa shape index (κ1) is 16.9. The molecule has 1 aromatic heterocycles. The molecule has 5 nitrogen and oxygen atoms in total. The van der Waals surface area contributed by atoms with Gasteiger partial charge >= 0.3 is 0 Å². The van der Waals surface area contributed by atoms with Gasteiger partial charge in [-0.2, -0.15) is 0 Å². The van der Waals surface area contributed by atoms with Crippen molar-refractivity contribution >= 4 is 5.91 Å². The second-order valence-corrected chi connectivity index (χ2v) is 5.60. The third-order valence-electron chi connectivity index (χ3n) is 3.77. The average Bonchev–Trinajstić information content (AvgIpc) is 3.07. The van der Waals surface area contributed by atoms with Crippen LogP contribution in [0, 0.1) is 23.7 Å². The third kappa shape index (κ3) is 4.99. The Labute approximate surface area is 146 Å². The fourth-order valence-corrected chi connectivity index (χ4v) is 2.42. The van der Waals surface area contributed by atoms with Crippen LogP contribution in [-0.2, 0) is 11.3 Å². The van der Waals surface area contributed by atoms with Crippen molar-refractivity contribution < 1.29 is 13.9 Å². The van der Waals surface area contributed by atoms with E-state index in [1.807, 2.05) is 12.1 Å². The minimum Gasteiger partial charge on any atom is -0.451 e. The second kappa shape index (κ2) is 8.21. The van der Waals surface area contributed by atoms with Gasteiger partial charge in [0.05, 0.1) is 19.8 Å². The summed E-state index contributed by atoms with van der Waals surface area (Å²) in [5.41, 5.74) is 6.42. The Morgan fingerprint density at radius 3 is 2.48 bits per heavy atom. The summed E-state index contributed by atoms with van der Waals surface area (Å²) < 4.78 is 11.0. The zero-order valence-electron chi connectivity index (χ0n) is 13.7. The van der Waals surface area contributed by atoms with E-state index in [1.165, 1.54) is 0 Å². The molecule has 126 valence electrons. The van der Waals surface area contributed by atoms with E-state index in [0.717, 1.165) is 44.2 Å². The molecule has 2 aromatic rings. The van der Waals surface area contributed by atoms with Gasteiger partial charge in [0, 0.05) is 24.2 Å². The van der Waals surface area contributed by atoms with Crippen molar-refractivity contribution in [3.8, 4) is 23.7 Å². The Balaban J connectivity index is 1.58. The number of amides is 1. The fourth-order valence-electron chi connectivity index (χ4n) is 2.42. The molecule has 0 atom stereocenters. The van der Waals surface area contributed by atoms with Crippen molar-refractivity contribution in [1.29, 1.82) is 0 Å². The number of rotatable bonds is 3. The molecule has 2 N–H and O–H groups in total. The molecule has 0 saturated carbocycles. The summed E-state index contributed by atoms with van der Waals surface area (Å²) in [5, 5.41) is 0. The number of hydrogen-bond donors (Lipinski definition) is 1. The Hall–Kier alpha value is -2.99. The quantitative estimate of drug-likeness (QED) is 0.866. The van der Waals surface area contributed by atoms with E-state index in [-0.39, 0.29) is 0 Å². The maximum Gasteiger partial charge on any atom is 0.248 e. The zero-order valence-corrected chi connectivity index (χ0v) is 13.7. The summed E-state index contributed by atoms with van der Waals surface area (Å²) in [6.45, 7) is 4.14. The normalized spacial score (nSPS) is 14.1. The van der Waals surface area contributed by atoms with E-state index < -0.39 is 5.91 Å². The maximum absolute atomic E-state index is 11.0. The molecule has 0 radical (unpaired) electrons. The lowest BCUT2D eigenvalue weighted by molar-refractivity contribution is 0.0313. The lowest BCUT2D eigenvalue weighted by Crippen LogP contribution is -2.35. The highest BCUT2D eigenvalue weighted by Gasteiger charge is 2.12. The number of benzene rings is 1. The number of ether oxygens (including phenoxy) is 1. The first-order valence-corrected chi connectivity index (χ1v) is 8.01. The molecule has 1 amide bonds. The molecule has 3 rings (SSSR count). The topological polar surface area (TPSA) is 68.7 Å². The summed E-state index contributed by atoms with van der Waals surface area (Å²) in [6, 6.07) is 10.6. The number of furan rings is 1. The second-order valence-electron chi connectivity index (χ2n) is 5.60. The zero-order chi connectivity index (χ0) is 17.5. The van der Waals surface area contributed by atoms with Gasteiger partial charge in [-0.1, -0.05) is 5.92 Å². The van der Waals surface area contributed by atoms with Gasteiger partial charge < -0.3 is 14.9 Å². The van der Waals surface area contributed by atoms with Crippen LogP contribution in [0.25, 0.3) is 0 Å². The van der Waals surface area contributed by atoms with E-state index >= 15 is 0 Å². The third-order valence-corrected chi connectivity index (χ3v) is 3.77. The van der Waals surface area contributed by atoms with Crippen LogP contribution in [0.2, 0.25) is 0 Å². The van der Waals surface area contributed by atoms with Crippen LogP contribution in [0.1, 0.15) is 27.4 Å². The van der Waals surface area contributed by atoms with Crippen molar-refractivity contribution in [3.05, 3.63) is 59.0 Å². The summed E-state index contributed by atoms with van der Waals surface area (Å²) in [7, 11) is 0. The molecule has 25 heavy (non-hydrogen) atoms. The lowest BCUT2D eigenvalue weighted by atomic mass is 10.1. The van der Waals surface area contributed by atoms with Crippen LogP contribution in [0.5, 0.6) is 0 Å².